The molecule has 31 heavy (non-hydrogen) atoms. The molecule has 1 aromatic heterocycles. The number of hydrogen-bond acceptors (Lipinski definition) is 5. The number of hydrogen-bond donors (Lipinski definition) is 1. The molecule has 0 saturated carbocycles. The fraction of sp³-hybridized carbons (Fsp3) is 0.520. The Bertz CT molecular complexity index is 826. The van der Waals surface area contributed by atoms with Gasteiger partial charge in [0.1, 0.15) is 11.9 Å². The first-order valence-electron chi connectivity index (χ1n) is 11.5. The minimum Gasteiger partial charge on any atom is -0.490 e. The summed E-state index contributed by atoms with van der Waals surface area (Å²) in [6.45, 7) is 9.45. The summed E-state index contributed by atoms with van der Waals surface area (Å²) in [5, 5.41) is 3.03. The molecule has 2 fully saturated rings. The molecule has 0 spiro atoms. The number of carbonyl (C=O) groups excluding carboxylic acids is 1. The second-order valence-corrected chi connectivity index (χ2v) is 9.17. The Morgan fingerprint density at radius 3 is 2.55 bits per heavy atom. The molecule has 3 heterocycles. The highest BCUT2D eigenvalue weighted by molar-refractivity contribution is 5.94. The molecule has 2 aromatic rings. The zero-order valence-electron chi connectivity index (χ0n) is 18.7. The number of rotatable bonds is 8. The number of benzene rings is 1. The molecule has 1 N–H and O–H groups in total. The van der Waals surface area contributed by atoms with Crippen molar-refractivity contribution in [2.45, 2.75) is 39.2 Å². The summed E-state index contributed by atoms with van der Waals surface area (Å²) < 4.78 is 6.18. The number of amides is 1. The molecule has 2 aliphatic heterocycles. The molecule has 1 aromatic carbocycles. The lowest BCUT2D eigenvalue weighted by atomic mass is 9.98. The highest BCUT2D eigenvalue weighted by Crippen LogP contribution is 2.26. The van der Waals surface area contributed by atoms with Crippen molar-refractivity contribution in [3.8, 4) is 5.75 Å². The molecule has 0 bridgehead atoms. The number of likely N-dealkylation sites (tertiary alicyclic amines) is 1. The van der Waals surface area contributed by atoms with Crippen molar-refractivity contribution in [2.24, 2.45) is 11.8 Å². The topological polar surface area (TPSA) is 57.7 Å². The third-order valence-electron chi connectivity index (χ3n) is 6.25. The van der Waals surface area contributed by atoms with E-state index in [1.54, 1.807) is 6.20 Å². The molecular formula is C25H34N4O2. The van der Waals surface area contributed by atoms with Gasteiger partial charge in [0.05, 0.1) is 17.8 Å². The van der Waals surface area contributed by atoms with E-state index in [1.807, 2.05) is 42.6 Å². The summed E-state index contributed by atoms with van der Waals surface area (Å²) in [5.41, 5.74) is 1.89. The van der Waals surface area contributed by atoms with Crippen LogP contribution >= 0.6 is 0 Å². The molecule has 1 amide bonds. The monoisotopic (exact) mass is 422 g/mol. The van der Waals surface area contributed by atoms with E-state index in [4.69, 9.17) is 4.74 Å². The van der Waals surface area contributed by atoms with Gasteiger partial charge in [-0.25, -0.2) is 0 Å². The summed E-state index contributed by atoms with van der Waals surface area (Å²) in [6.07, 6.45) is 7.29. The van der Waals surface area contributed by atoms with E-state index in [9.17, 15) is 4.79 Å². The fourth-order valence-electron chi connectivity index (χ4n) is 4.14. The average molecular weight is 423 g/mol. The van der Waals surface area contributed by atoms with Crippen LogP contribution in [0.25, 0.3) is 0 Å². The molecular weight excluding hydrogens is 388 g/mol. The lowest BCUT2D eigenvalue weighted by Gasteiger charge is -2.39. The van der Waals surface area contributed by atoms with Crippen molar-refractivity contribution in [3.63, 3.8) is 0 Å². The van der Waals surface area contributed by atoms with E-state index >= 15 is 0 Å². The number of nitrogens with one attached hydrogen (secondary N) is 1. The van der Waals surface area contributed by atoms with Crippen LogP contribution in [-0.4, -0.2) is 54.6 Å². The maximum absolute atomic E-state index is 12.5. The van der Waals surface area contributed by atoms with Gasteiger partial charge in [-0.15, -0.1) is 0 Å². The van der Waals surface area contributed by atoms with Gasteiger partial charge in [-0.2, -0.15) is 0 Å². The number of ether oxygens (including phenoxy) is 1. The van der Waals surface area contributed by atoms with Gasteiger partial charge in [0.15, 0.2) is 0 Å². The Labute approximate surface area is 185 Å². The van der Waals surface area contributed by atoms with Crippen LogP contribution in [0.4, 0.5) is 11.4 Å². The normalized spacial score (nSPS) is 18.1. The van der Waals surface area contributed by atoms with Crippen LogP contribution < -0.4 is 15.0 Å². The Kier molecular flexibility index (Phi) is 7.07. The molecule has 4 rings (SSSR count). The van der Waals surface area contributed by atoms with Crippen LogP contribution in [0, 0.1) is 11.8 Å². The fourth-order valence-corrected chi connectivity index (χ4v) is 4.14. The third kappa shape index (κ3) is 5.97. The first-order chi connectivity index (χ1) is 15.1. The van der Waals surface area contributed by atoms with E-state index in [0.717, 1.165) is 62.1 Å². The number of pyridine rings is 1. The second-order valence-electron chi connectivity index (χ2n) is 9.17. The SMILES string of the molecule is CC(C)CCN1CCC(Oc2ccc(NC(=O)C3CN(c4cccnc4)C3)cc2)CC1. The lowest BCUT2D eigenvalue weighted by Crippen LogP contribution is -2.52. The summed E-state index contributed by atoms with van der Waals surface area (Å²) in [4.78, 5) is 21.4. The lowest BCUT2D eigenvalue weighted by molar-refractivity contribution is -0.120. The highest BCUT2D eigenvalue weighted by Gasteiger charge is 2.32. The van der Waals surface area contributed by atoms with E-state index in [-0.39, 0.29) is 17.9 Å². The first-order valence-corrected chi connectivity index (χ1v) is 11.5. The minimum absolute atomic E-state index is 0.0111. The number of carbonyl (C=O) groups is 1. The van der Waals surface area contributed by atoms with Crippen molar-refractivity contribution >= 4 is 17.3 Å². The van der Waals surface area contributed by atoms with E-state index in [2.05, 4.69) is 33.9 Å². The summed E-state index contributed by atoms with van der Waals surface area (Å²) >= 11 is 0. The molecule has 0 radical (unpaired) electrons. The molecule has 6 nitrogen and oxygen atoms in total. The standard InChI is InChI=1S/C25H34N4O2/c1-19(2)9-13-28-14-10-24(11-15-28)31-23-7-5-21(6-8-23)27-25(30)20-17-29(18-20)22-4-3-12-26-16-22/h3-8,12,16,19-20,24H,9-11,13-15,17-18H2,1-2H3,(H,27,30). The van der Waals surface area contributed by atoms with Crippen molar-refractivity contribution in [1.29, 1.82) is 0 Å². The Morgan fingerprint density at radius 1 is 1.16 bits per heavy atom. The Balaban J connectivity index is 1.18. The summed E-state index contributed by atoms with van der Waals surface area (Å²) in [5.74, 6) is 1.72. The summed E-state index contributed by atoms with van der Waals surface area (Å²) in [7, 11) is 0. The van der Waals surface area contributed by atoms with Crippen LogP contribution in [0.2, 0.25) is 0 Å². The number of nitrogens with zero attached hydrogens (tertiary/aromatic N) is 3. The predicted molar refractivity (Wildman–Crippen MR) is 125 cm³/mol. The van der Waals surface area contributed by atoms with Gasteiger partial charge < -0.3 is 19.9 Å². The molecule has 166 valence electrons. The van der Waals surface area contributed by atoms with Crippen molar-refractivity contribution in [1.82, 2.24) is 9.88 Å². The van der Waals surface area contributed by atoms with Gasteiger partial charge >= 0.3 is 0 Å². The van der Waals surface area contributed by atoms with Gasteiger partial charge in [-0.3, -0.25) is 9.78 Å². The predicted octanol–water partition coefficient (Wildman–Crippen LogP) is 4.05. The third-order valence-corrected chi connectivity index (χ3v) is 6.25. The van der Waals surface area contributed by atoms with Crippen LogP contribution in [0.1, 0.15) is 33.1 Å². The van der Waals surface area contributed by atoms with Gasteiger partial charge in [0.25, 0.3) is 0 Å². The average Bonchev–Trinajstić information content (AvgIpc) is 2.74. The van der Waals surface area contributed by atoms with Crippen LogP contribution in [0.15, 0.2) is 48.8 Å². The highest BCUT2D eigenvalue weighted by atomic mass is 16.5. The second kappa shape index (κ2) is 10.1. The van der Waals surface area contributed by atoms with Crippen molar-refractivity contribution < 1.29 is 9.53 Å². The Hall–Kier alpha value is -2.60. The van der Waals surface area contributed by atoms with Gasteiger partial charge in [-0.1, -0.05) is 13.8 Å². The number of aromatic nitrogens is 1. The van der Waals surface area contributed by atoms with E-state index < -0.39 is 0 Å². The molecule has 0 aliphatic carbocycles. The molecule has 0 unspecified atom stereocenters. The molecule has 2 aliphatic rings. The van der Waals surface area contributed by atoms with Gasteiger partial charge in [0, 0.05) is 38.1 Å². The van der Waals surface area contributed by atoms with Crippen LogP contribution in [-0.2, 0) is 4.79 Å². The van der Waals surface area contributed by atoms with Gasteiger partial charge in [-0.05, 0) is 68.1 Å². The van der Waals surface area contributed by atoms with E-state index in [0.29, 0.717) is 0 Å². The van der Waals surface area contributed by atoms with Crippen LogP contribution in [0.5, 0.6) is 5.75 Å². The quantitative estimate of drug-likeness (QED) is 0.696. The van der Waals surface area contributed by atoms with E-state index in [1.165, 1.54) is 13.0 Å². The Morgan fingerprint density at radius 2 is 1.90 bits per heavy atom. The van der Waals surface area contributed by atoms with Gasteiger partial charge in [0.2, 0.25) is 5.91 Å². The minimum atomic E-state index is 0.0111. The van der Waals surface area contributed by atoms with Crippen molar-refractivity contribution in [2.75, 3.05) is 42.9 Å². The molecule has 0 atom stereocenters. The molecule has 2 saturated heterocycles. The maximum Gasteiger partial charge on any atom is 0.231 e. The zero-order valence-corrected chi connectivity index (χ0v) is 18.7. The number of anilines is 2. The largest absolute Gasteiger partial charge is 0.490 e. The first kappa shape index (κ1) is 21.6. The summed E-state index contributed by atoms with van der Waals surface area (Å²) in [6, 6.07) is 11.7. The van der Waals surface area contributed by atoms with Crippen molar-refractivity contribution in [3.05, 3.63) is 48.8 Å². The smallest absolute Gasteiger partial charge is 0.231 e. The zero-order chi connectivity index (χ0) is 21.6. The number of piperidine rings is 1. The maximum atomic E-state index is 12.5. The molecule has 6 heteroatoms. The van der Waals surface area contributed by atoms with Crippen LogP contribution in [0.3, 0.4) is 0 Å².